The number of halogens is 3. The lowest BCUT2D eigenvalue weighted by molar-refractivity contribution is 0.402. The molecule has 0 saturated heterocycles. The fraction of sp³-hybridized carbons (Fsp3) is 1.00. The van der Waals surface area contributed by atoms with Crippen molar-refractivity contribution >= 4 is 39.2 Å². The summed E-state index contributed by atoms with van der Waals surface area (Å²) in [6, 6.07) is -2.57. The Morgan fingerprint density at radius 2 is 1.67 bits per heavy atom. The van der Waals surface area contributed by atoms with Crippen LogP contribution in [0.4, 0.5) is 0 Å². The molecule has 0 heterocycles. The van der Waals surface area contributed by atoms with E-state index in [4.69, 9.17) is 33.2 Å². The van der Waals surface area contributed by atoms with Crippen LogP contribution >= 0.6 is 33.2 Å². The Kier molecular flexibility index (Phi) is 4.95. The minimum atomic E-state index is -2.57. The van der Waals surface area contributed by atoms with E-state index in [2.05, 4.69) is 27.7 Å². The molecule has 0 radical (unpaired) electrons. The van der Waals surface area contributed by atoms with Crippen LogP contribution in [0, 0.1) is 5.92 Å². The van der Waals surface area contributed by atoms with Crippen molar-refractivity contribution < 1.29 is 0 Å². The molecule has 0 aliphatic heterocycles. The maximum atomic E-state index is 6.03. The summed E-state index contributed by atoms with van der Waals surface area (Å²) in [7, 11) is 0. The Balaban J connectivity index is 4.38. The highest BCUT2D eigenvalue weighted by atomic mass is 35.8. The minimum absolute atomic E-state index is 0.117. The van der Waals surface area contributed by atoms with Gasteiger partial charge in [-0.1, -0.05) is 40.5 Å². The van der Waals surface area contributed by atoms with Gasteiger partial charge >= 0.3 is 6.00 Å². The van der Waals surface area contributed by atoms with Gasteiger partial charge in [-0.2, -0.15) is 0 Å². The van der Waals surface area contributed by atoms with Gasteiger partial charge in [0.1, 0.15) is 0 Å². The van der Waals surface area contributed by atoms with Crippen LogP contribution in [-0.4, -0.2) is 6.00 Å². The normalized spacial score (nSPS) is 16.2. The van der Waals surface area contributed by atoms with Gasteiger partial charge in [0, 0.05) is 5.04 Å². The molecule has 0 aliphatic rings. The maximum absolute atomic E-state index is 6.03. The summed E-state index contributed by atoms with van der Waals surface area (Å²) in [4.78, 5) is 0. The van der Waals surface area contributed by atoms with Crippen molar-refractivity contribution in [3.05, 3.63) is 0 Å². The van der Waals surface area contributed by atoms with E-state index in [0.717, 1.165) is 12.8 Å². The Labute approximate surface area is 90.7 Å². The molecule has 0 amide bonds. The highest BCUT2D eigenvalue weighted by molar-refractivity contribution is 7.65. The van der Waals surface area contributed by atoms with E-state index in [1.54, 1.807) is 0 Å². The largest absolute Gasteiger partial charge is 0.346 e. The molecule has 0 aromatic rings. The lowest BCUT2D eigenvalue weighted by Crippen LogP contribution is -2.33. The Hall–Kier alpha value is 1.09. The molecule has 0 spiro atoms. The number of rotatable bonds is 4. The zero-order valence-corrected chi connectivity index (χ0v) is 11.4. The topological polar surface area (TPSA) is 0 Å². The second-order valence-corrected chi connectivity index (χ2v) is 13.0. The van der Waals surface area contributed by atoms with Crippen molar-refractivity contribution in [1.29, 1.82) is 0 Å². The van der Waals surface area contributed by atoms with Crippen LogP contribution < -0.4 is 0 Å². The zero-order chi connectivity index (χ0) is 9.99. The van der Waals surface area contributed by atoms with E-state index >= 15 is 0 Å². The minimum Gasteiger partial charge on any atom is -0.125 e. The van der Waals surface area contributed by atoms with E-state index in [0.29, 0.717) is 5.92 Å². The highest BCUT2D eigenvalue weighted by Gasteiger charge is 2.47. The number of hydrogen-bond acceptors (Lipinski definition) is 0. The molecule has 1 unspecified atom stereocenters. The molecule has 1 atom stereocenters. The Morgan fingerprint density at radius 1 is 1.25 bits per heavy atom. The summed E-state index contributed by atoms with van der Waals surface area (Å²) in [5, 5.41) is -0.117. The van der Waals surface area contributed by atoms with Gasteiger partial charge in [-0.25, -0.2) is 0 Å². The molecule has 0 saturated carbocycles. The molecule has 0 aromatic carbocycles. The van der Waals surface area contributed by atoms with E-state index in [1.807, 2.05) is 0 Å². The molecular formula is C8H17Cl3Si. The maximum Gasteiger partial charge on any atom is 0.346 e. The second-order valence-electron chi connectivity index (χ2n) is 3.91. The number of hydrogen-bond donors (Lipinski definition) is 0. The molecule has 0 rings (SSSR count). The molecule has 4 heteroatoms. The van der Waals surface area contributed by atoms with Gasteiger partial charge in [-0.3, -0.25) is 0 Å². The first-order valence-electron chi connectivity index (χ1n) is 4.30. The summed E-state index contributed by atoms with van der Waals surface area (Å²) in [6.07, 6.45) is 2.29. The predicted molar refractivity (Wildman–Crippen MR) is 61.4 cm³/mol. The van der Waals surface area contributed by atoms with Crippen molar-refractivity contribution in [2.45, 2.75) is 45.6 Å². The molecule has 0 aromatic heterocycles. The van der Waals surface area contributed by atoms with Crippen molar-refractivity contribution in [2.75, 3.05) is 0 Å². The highest BCUT2D eigenvalue weighted by Crippen LogP contribution is 2.52. The Morgan fingerprint density at radius 3 is 1.92 bits per heavy atom. The van der Waals surface area contributed by atoms with Crippen LogP contribution in [0.3, 0.4) is 0 Å². The van der Waals surface area contributed by atoms with Crippen molar-refractivity contribution in [3.63, 3.8) is 0 Å². The quantitative estimate of drug-likeness (QED) is 0.492. The van der Waals surface area contributed by atoms with Crippen LogP contribution in [-0.2, 0) is 0 Å². The fourth-order valence-electron chi connectivity index (χ4n) is 1.07. The average Bonchev–Trinajstić information content (AvgIpc) is 1.85. The van der Waals surface area contributed by atoms with Crippen molar-refractivity contribution in [3.8, 4) is 0 Å². The molecule has 0 fully saturated rings. The van der Waals surface area contributed by atoms with Crippen molar-refractivity contribution in [2.24, 2.45) is 5.92 Å². The summed E-state index contributed by atoms with van der Waals surface area (Å²) in [5.41, 5.74) is 0. The monoisotopic (exact) mass is 246 g/mol. The average molecular weight is 248 g/mol. The predicted octanol–water partition coefficient (Wildman–Crippen LogP) is 4.86. The SMILES string of the molecule is CCCC(C)C(C)(C)[Si](Cl)(Cl)Cl. The van der Waals surface area contributed by atoms with Gasteiger partial charge in [0.25, 0.3) is 0 Å². The van der Waals surface area contributed by atoms with E-state index in [-0.39, 0.29) is 5.04 Å². The first-order chi connectivity index (χ1) is 5.23. The van der Waals surface area contributed by atoms with Gasteiger partial charge in [-0.05, 0) is 5.92 Å². The molecule has 0 N–H and O–H groups in total. The van der Waals surface area contributed by atoms with Gasteiger partial charge < -0.3 is 0 Å². The summed E-state index contributed by atoms with van der Waals surface area (Å²) < 4.78 is 0. The fourth-order valence-corrected chi connectivity index (χ4v) is 3.45. The molecule has 0 aliphatic carbocycles. The van der Waals surface area contributed by atoms with Gasteiger partial charge in [0.15, 0.2) is 0 Å². The molecule has 12 heavy (non-hydrogen) atoms. The van der Waals surface area contributed by atoms with Crippen molar-refractivity contribution in [1.82, 2.24) is 0 Å². The Bertz CT molecular complexity index is 140. The smallest absolute Gasteiger partial charge is 0.125 e. The van der Waals surface area contributed by atoms with E-state index in [1.165, 1.54) is 0 Å². The van der Waals surface area contributed by atoms with E-state index in [9.17, 15) is 0 Å². The summed E-state index contributed by atoms with van der Waals surface area (Å²) >= 11 is 18.1. The van der Waals surface area contributed by atoms with Gasteiger partial charge in [0.05, 0.1) is 0 Å². The van der Waals surface area contributed by atoms with E-state index < -0.39 is 6.00 Å². The van der Waals surface area contributed by atoms with Crippen LogP contribution in [0.25, 0.3) is 0 Å². The van der Waals surface area contributed by atoms with Gasteiger partial charge in [0.2, 0.25) is 0 Å². The molecule has 0 bridgehead atoms. The zero-order valence-electron chi connectivity index (χ0n) is 8.13. The summed E-state index contributed by atoms with van der Waals surface area (Å²) in [5.74, 6) is 0.488. The second kappa shape index (κ2) is 4.54. The standard InChI is InChI=1S/C8H17Cl3Si/c1-5-6-7(2)8(3,4)12(9,10)11/h7H,5-6H2,1-4H3. The lowest BCUT2D eigenvalue weighted by atomic mass is 9.92. The third-order valence-corrected chi connectivity index (χ3v) is 9.02. The molecule has 0 nitrogen and oxygen atoms in total. The lowest BCUT2D eigenvalue weighted by Gasteiger charge is -2.36. The van der Waals surface area contributed by atoms with Crippen LogP contribution in [0.5, 0.6) is 0 Å². The van der Waals surface area contributed by atoms with Gasteiger partial charge in [-0.15, -0.1) is 33.2 Å². The van der Waals surface area contributed by atoms with Crippen LogP contribution in [0.15, 0.2) is 0 Å². The first-order valence-corrected chi connectivity index (χ1v) is 9.33. The third kappa shape index (κ3) is 3.10. The van der Waals surface area contributed by atoms with Crippen LogP contribution in [0.2, 0.25) is 5.04 Å². The molecular weight excluding hydrogens is 231 g/mol. The molecule has 74 valence electrons. The third-order valence-electron chi connectivity index (χ3n) is 2.68. The summed E-state index contributed by atoms with van der Waals surface area (Å²) in [6.45, 7) is 8.45. The van der Waals surface area contributed by atoms with Crippen LogP contribution in [0.1, 0.15) is 40.5 Å². The first kappa shape index (κ1) is 13.1.